The fraction of sp³-hybridized carbons (Fsp3) is 0.647. The molecule has 0 unspecified atom stereocenters. The topological polar surface area (TPSA) is 27.7 Å². The average Bonchev–Trinajstić information content (AvgIpc) is 2.56. The van der Waals surface area contributed by atoms with E-state index in [1.807, 2.05) is 0 Å². The summed E-state index contributed by atoms with van der Waals surface area (Å²) in [7, 11) is 2.22. The first-order valence-corrected chi connectivity index (χ1v) is 8.16. The van der Waals surface area contributed by atoms with E-state index in [9.17, 15) is 0 Å². The Morgan fingerprint density at radius 3 is 2.38 bits per heavy atom. The van der Waals surface area contributed by atoms with Crippen molar-refractivity contribution in [3.63, 3.8) is 0 Å². The van der Waals surface area contributed by atoms with Crippen LogP contribution in [0.4, 0.5) is 11.4 Å². The maximum absolute atomic E-state index is 5.40. The predicted octanol–water partition coefficient (Wildman–Crippen LogP) is 2.28. The number of anilines is 2. The first-order chi connectivity index (χ1) is 10.3. The number of hydrogen-bond acceptors (Lipinski definition) is 4. The smallest absolute Gasteiger partial charge is 0.0642 e. The van der Waals surface area contributed by atoms with Gasteiger partial charge in [-0.3, -0.25) is 0 Å². The molecule has 4 nitrogen and oxygen atoms in total. The molecule has 4 heteroatoms. The van der Waals surface area contributed by atoms with E-state index in [-0.39, 0.29) is 0 Å². The minimum atomic E-state index is 0.820. The van der Waals surface area contributed by atoms with Gasteiger partial charge in [-0.1, -0.05) is 0 Å². The van der Waals surface area contributed by atoms with E-state index in [1.165, 1.54) is 37.3 Å². The number of hydrogen-bond donors (Lipinski definition) is 1. The molecule has 1 aromatic rings. The molecule has 116 valence electrons. The van der Waals surface area contributed by atoms with Crippen LogP contribution in [0.3, 0.4) is 0 Å². The van der Waals surface area contributed by atoms with Crippen LogP contribution in [0, 0.1) is 5.92 Å². The van der Waals surface area contributed by atoms with E-state index in [4.69, 9.17) is 4.74 Å². The number of likely N-dealkylation sites (tertiary alicyclic amines) is 1. The van der Waals surface area contributed by atoms with Crippen molar-refractivity contribution in [3.05, 3.63) is 24.3 Å². The fourth-order valence-electron chi connectivity index (χ4n) is 3.14. The first-order valence-electron chi connectivity index (χ1n) is 8.16. The number of piperidine rings is 1. The van der Waals surface area contributed by atoms with Gasteiger partial charge >= 0.3 is 0 Å². The van der Waals surface area contributed by atoms with Crippen LogP contribution in [-0.4, -0.2) is 57.9 Å². The highest BCUT2D eigenvalue weighted by Crippen LogP contribution is 2.21. The SMILES string of the molecule is CN1CCC(CNc2ccc(N3CCOCC3)cc2)CC1. The highest BCUT2D eigenvalue weighted by Gasteiger charge is 2.16. The molecule has 2 heterocycles. The molecule has 1 aromatic carbocycles. The Bertz CT molecular complexity index is 420. The number of morpholine rings is 1. The lowest BCUT2D eigenvalue weighted by molar-refractivity contribution is 0.122. The zero-order valence-electron chi connectivity index (χ0n) is 13.1. The van der Waals surface area contributed by atoms with Gasteiger partial charge in [0.25, 0.3) is 0 Å². The summed E-state index contributed by atoms with van der Waals surface area (Å²) < 4.78 is 5.40. The van der Waals surface area contributed by atoms with Gasteiger partial charge in [0.05, 0.1) is 13.2 Å². The molecule has 0 radical (unpaired) electrons. The lowest BCUT2D eigenvalue weighted by Gasteiger charge is -2.30. The van der Waals surface area contributed by atoms with E-state index in [2.05, 4.69) is 46.4 Å². The molecule has 0 saturated carbocycles. The Balaban J connectivity index is 1.48. The Hall–Kier alpha value is -1.26. The quantitative estimate of drug-likeness (QED) is 0.920. The summed E-state index contributed by atoms with van der Waals surface area (Å²) in [6.45, 7) is 7.27. The number of rotatable bonds is 4. The standard InChI is InChI=1S/C17H27N3O/c1-19-8-6-15(7-9-19)14-18-16-2-4-17(5-3-16)20-10-12-21-13-11-20/h2-5,15,18H,6-14H2,1H3. The van der Waals surface area contributed by atoms with E-state index < -0.39 is 0 Å². The zero-order valence-corrected chi connectivity index (χ0v) is 13.1. The van der Waals surface area contributed by atoms with Crippen LogP contribution in [0.25, 0.3) is 0 Å². The summed E-state index contributed by atoms with van der Waals surface area (Å²) in [4.78, 5) is 4.82. The third kappa shape index (κ3) is 4.11. The predicted molar refractivity (Wildman–Crippen MR) is 88.2 cm³/mol. The molecule has 0 atom stereocenters. The second-order valence-corrected chi connectivity index (χ2v) is 6.27. The monoisotopic (exact) mass is 289 g/mol. The molecule has 1 N–H and O–H groups in total. The lowest BCUT2D eigenvalue weighted by Crippen LogP contribution is -2.36. The third-order valence-corrected chi connectivity index (χ3v) is 4.68. The third-order valence-electron chi connectivity index (χ3n) is 4.68. The molecule has 2 aliphatic heterocycles. The van der Waals surface area contributed by atoms with Gasteiger partial charge in [0.2, 0.25) is 0 Å². The zero-order chi connectivity index (χ0) is 14.5. The van der Waals surface area contributed by atoms with Crippen LogP contribution in [0.2, 0.25) is 0 Å². The minimum absolute atomic E-state index is 0.820. The van der Waals surface area contributed by atoms with Gasteiger partial charge in [0, 0.05) is 31.0 Å². The van der Waals surface area contributed by atoms with E-state index >= 15 is 0 Å². The van der Waals surface area contributed by atoms with E-state index in [0.717, 1.165) is 38.8 Å². The Morgan fingerprint density at radius 2 is 1.71 bits per heavy atom. The van der Waals surface area contributed by atoms with E-state index in [1.54, 1.807) is 0 Å². The molecule has 0 aliphatic carbocycles. The highest BCUT2D eigenvalue weighted by molar-refractivity contribution is 5.55. The van der Waals surface area contributed by atoms with Gasteiger partial charge in [-0.25, -0.2) is 0 Å². The van der Waals surface area contributed by atoms with Crippen molar-refractivity contribution in [1.82, 2.24) is 4.90 Å². The second-order valence-electron chi connectivity index (χ2n) is 6.27. The van der Waals surface area contributed by atoms with Crippen molar-refractivity contribution >= 4 is 11.4 Å². The summed E-state index contributed by atoms with van der Waals surface area (Å²) in [6.07, 6.45) is 2.63. The van der Waals surface area contributed by atoms with E-state index in [0.29, 0.717) is 0 Å². The van der Waals surface area contributed by atoms with Crippen LogP contribution in [-0.2, 0) is 4.74 Å². The van der Waals surface area contributed by atoms with Crippen LogP contribution in [0.15, 0.2) is 24.3 Å². The number of ether oxygens (including phenoxy) is 1. The van der Waals surface area contributed by atoms with Gasteiger partial charge < -0.3 is 19.9 Å². The van der Waals surface area contributed by atoms with Crippen molar-refractivity contribution in [2.24, 2.45) is 5.92 Å². The van der Waals surface area contributed by atoms with Crippen LogP contribution >= 0.6 is 0 Å². The number of nitrogens with zero attached hydrogens (tertiary/aromatic N) is 2. The summed E-state index contributed by atoms with van der Waals surface area (Å²) in [5, 5.41) is 3.60. The van der Waals surface area contributed by atoms with Gasteiger partial charge in [-0.05, 0) is 63.2 Å². The van der Waals surface area contributed by atoms with Crippen molar-refractivity contribution in [3.8, 4) is 0 Å². The molecular formula is C17H27N3O. The summed E-state index contributed by atoms with van der Waals surface area (Å²) in [5.74, 6) is 0.820. The average molecular weight is 289 g/mol. The molecule has 0 spiro atoms. The minimum Gasteiger partial charge on any atom is -0.385 e. The molecule has 3 rings (SSSR count). The fourth-order valence-corrected chi connectivity index (χ4v) is 3.14. The first kappa shape index (κ1) is 14.7. The summed E-state index contributed by atoms with van der Waals surface area (Å²) in [5.41, 5.74) is 2.55. The van der Waals surface area contributed by atoms with Crippen molar-refractivity contribution in [1.29, 1.82) is 0 Å². The van der Waals surface area contributed by atoms with Gasteiger partial charge in [-0.2, -0.15) is 0 Å². The number of nitrogens with one attached hydrogen (secondary N) is 1. The number of benzene rings is 1. The largest absolute Gasteiger partial charge is 0.385 e. The van der Waals surface area contributed by atoms with Gasteiger partial charge in [0.1, 0.15) is 0 Å². The molecule has 2 saturated heterocycles. The molecule has 0 aromatic heterocycles. The highest BCUT2D eigenvalue weighted by atomic mass is 16.5. The van der Waals surface area contributed by atoms with Gasteiger partial charge in [0.15, 0.2) is 0 Å². The lowest BCUT2D eigenvalue weighted by atomic mass is 9.97. The Morgan fingerprint density at radius 1 is 1.05 bits per heavy atom. The van der Waals surface area contributed by atoms with Crippen molar-refractivity contribution in [2.45, 2.75) is 12.8 Å². The maximum atomic E-state index is 5.40. The molecule has 0 bridgehead atoms. The second kappa shape index (κ2) is 7.14. The molecule has 21 heavy (non-hydrogen) atoms. The molecular weight excluding hydrogens is 262 g/mol. The Labute approximate surface area is 128 Å². The Kier molecular flexibility index (Phi) is 4.99. The van der Waals surface area contributed by atoms with Crippen molar-refractivity contribution in [2.75, 3.05) is 63.2 Å². The van der Waals surface area contributed by atoms with Crippen LogP contribution in [0.5, 0.6) is 0 Å². The van der Waals surface area contributed by atoms with Crippen LogP contribution < -0.4 is 10.2 Å². The van der Waals surface area contributed by atoms with Crippen molar-refractivity contribution < 1.29 is 4.74 Å². The molecule has 0 amide bonds. The molecule has 2 aliphatic rings. The molecule has 2 fully saturated rings. The normalized spacial score (nSPS) is 21.5. The van der Waals surface area contributed by atoms with Crippen LogP contribution in [0.1, 0.15) is 12.8 Å². The summed E-state index contributed by atoms with van der Waals surface area (Å²) in [6, 6.07) is 8.87. The maximum Gasteiger partial charge on any atom is 0.0642 e. The summed E-state index contributed by atoms with van der Waals surface area (Å²) >= 11 is 0. The van der Waals surface area contributed by atoms with Gasteiger partial charge in [-0.15, -0.1) is 0 Å².